The van der Waals surface area contributed by atoms with Crippen LogP contribution in [-0.2, 0) is 0 Å². The van der Waals surface area contributed by atoms with Gasteiger partial charge in [-0.05, 0) is 38.1 Å². The molecule has 0 bridgehead atoms. The normalized spacial score (nSPS) is 10.9. The summed E-state index contributed by atoms with van der Waals surface area (Å²) in [6.07, 6.45) is 0. The van der Waals surface area contributed by atoms with Crippen molar-refractivity contribution in [2.24, 2.45) is 0 Å². The van der Waals surface area contributed by atoms with Crippen molar-refractivity contribution in [2.75, 3.05) is 7.11 Å². The summed E-state index contributed by atoms with van der Waals surface area (Å²) in [6, 6.07) is 9.20. The van der Waals surface area contributed by atoms with Crippen molar-refractivity contribution in [2.45, 2.75) is 13.8 Å². The standard InChI is InChI=1S/C15H15N3O2/c1-9-8-13(19)18-15(16-9)10(2)14(17-18)11-4-6-12(20-3)7-5-11/h4-8,17H,1-3H3. The Kier molecular flexibility index (Phi) is 2.82. The minimum absolute atomic E-state index is 0.102. The highest BCUT2D eigenvalue weighted by atomic mass is 16.5. The number of nitrogens with one attached hydrogen (secondary N) is 1. The molecule has 5 nitrogen and oxygen atoms in total. The molecular formula is C15H15N3O2. The van der Waals surface area contributed by atoms with Gasteiger partial charge < -0.3 is 4.74 Å². The molecule has 1 N–H and O–H groups in total. The molecule has 3 rings (SSSR count). The number of ether oxygens (including phenoxy) is 1. The second-order valence-corrected chi connectivity index (χ2v) is 4.74. The van der Waals surface area contributed by atoms with E-state index in [1.165, 1.54) is 10.6 Å². The molecule has 0 saturated carbocycles. The van der Waals surface area contributed by atoms with Gasteiger partial charge >= 0.3 is 0 Å². The van der Waals surface area contributed by atoms with E-state index in [2.05, 4.69) is 10.1 Å². The second-order valence-electron chi connectivity index (χ2n) is 4.74. The van der Waals surface area contributed by atoms with Crippen molar-refractivity contribution in [3.63, 3.8) is 0 Å². The molecule has 20 heavy (non-hydrogen) atoms. The first-order valence-corrected chi connectivity index (χ1v) is 6.33. The lowest BCUT2D eigenvalue weighted by Crippen LogP contribution is -2.14. The van der Waals surface area contributed by atoms with Crippen LogP contribution in [0.15, 0.2) is 35.1 Å². The van der Waals surface area contributed by atoms with E-state index in [0.29, 0.717) is 5.65 Å². The lowest BCUT2D eigenvalue weighted by Gasteiger charge is -2.02. The van der Waals surface area contributed by atoms with Crippen LogP contribution in [0.2, 0.25) is 0 Å². The molecule has 0 saturated heterocycles. The van der Waals surface area contributed by atoms with Gasteiger partial charge in [0.25, 0.3) is 5.56 Å². The van der Waals surface area contributed by atoms with E-state index >= 15 is 0 Å². The molecule has 0 aliphatic heterocycles. The molecule has 0 amide bonds. The lowest BCUT2D eigenvalue weighted by atomic mass is 10.1. The van der Waals surface area contributed by atoms with Crippen LogP contribution in [0.4, 0.5) is 0 Å². The van der Waals surface area contributed by atoms with Gasteiger partial charge in [-0.25, -0.2) is 9.50 Å². The van der Waals surface area contributed by atoms with E-state index in [4.69, 9.17) is 4.74 Å². The smallest absolute Gasteiger partial charge is 0.272 e. The Morgan fingerprint density at radius 3 is 2.55 bits per heavy atom. The van der Waals surface area contributed by atoms with Crippen molar-refractivity contribution >= 4 is 5.65 Å². The molecule has 5 heteroatoms. The summed E-state index contributed by atoms with van der Waals surface area (Å²) in [4.78, 5) is 16.4. The number of rotatable bonds is 2. The summed E-state index contributed by atoms with van der Waals surface area (Å²) >= 11 is 0. The fourth-order valence-electron chi connectivity index (χ4n) is 2.30. The highest BCUT2D eigenvalue weighted by Gasteiger charge is 2.12. The van der Waals surface area contributed by atoms with Gasteiger partial charge in [0, 0.05) is 22.9 Å². The van der Waals surface area contributed by atoms with Gasteiger partial charge in [-0.3, -0.25) is 9.89 Å². The van der Waals surface area contributed by atoms with Crippen molar-refractivity contribution < 1.29 is 4.74 Å². The maximum Gasteiger partial charge on any atom is 0.272 e. The third-order valence-corrected chi connectivity index (χ3v) is 3.36. The summed E-state index contributed by atoms with van der Waals surface area (Å²) in [6.45, 7) is 3.78. The molecule has 2 aromatic heterocycles. The van der Waals surface area contributed by atoms with Gasteiger partial charge in [0.2, 0.25) is 0 Å². The average Bonchev–Trinajstić information content (AvgIpc) is 2.77. The third kappa shape index (κ3) is 1.87. The Morgan fingerprint density at radius 1 is 1.20 bits per heavy atom. The van der Waals surface area contributed by atoms with E-state index in [1.54, 1.807) is 7.11 Å². The molecule has 0 aliphatic rings. The molecule has 0 radical (unpaired) electrons. The van der Waals surface area contributed by atoms with Crippen molar-refractivity contribution in [1.29, 1.82) is 0 Å². The van der Waals surface area contributed by atoms with E-state index in [9.17, 15) is 4.79 Å². The zero-order valence-corrected chi connectivity index (χ0v) is 11.6. The largest absolute Gasteiger partial charge is 0.497 e. The fraction of sp³-hybridized carbons (Fsp3) is 0.200. The summed E-state index contributed by atoms with van der Waals surface area (Å²) in [5.74, 6) is 0.800. The quantitative estimate of drug-likeness (QED) is 0.776. The molecule has 2 heterocycles. The molecule has 0 aliphatic carbocycles. The fourth-order valence-corrected chi connectivity index (χ4v) is 2.30. The third-order valence-electron chi connectivity index (χ3n) is 3.36. The van der Waals surface area contributed by atoms with Crippen molar-refractivity contribution in [1.82, 2.24) is 14.6 Å². The van der Waals surface area contributed by atoms with Crippen LogP contribution in [0.1, 0.15) is 11.3 Å². The van der Waals surface area contributed by atoms with E-state index in [1.807, 2.05) is 38.1 Å². The molecular weight excluding hydrogens is 254 g/mol. The summed E-state index contributed by atoms with van der Waals surface area (Å²) in [5, 5.41) is 3.11. The summed E-state index contributed by atoms with van der Waals surface area (Å²) in [5.41, 5.74) is 4.12. The van der Waals surface area contributed by atoms with E-state index in [0.717, 1.165) is 28.3 Å². The average molecular weight is 269 g/mol. The van der Waals surface area contributed by atoms with Gasteiger partial charge in [0.05, 0.1) is 12.8 Å². The zero-order chi connectivity index (χ0) is 14.3. The first-order chi connectivity index (χ1) is 9.60. The maximum atomic E-state index is 12.0. The number of aromatic nitrogens is 3. The SMILES string of the molecule is COc1ccc(-c2[nH]n3c(=O)cc(C)nc3c2C)cc1. The summed E-state index contributed by atoms with van der Waals surface area (Å²) < 4.78 is 6.63. The van der Waals surface area contributed by atoms with Gasteiger partial charge in [0.15, 0.2) is 5.65 Å². The molecule has 0 atom stereocenters. The molecule has 102 valence electrons. The Balaban J connectivity index is 2.23. The Labute approximate surface area is 115 Å². The van der Waals surface area contributed by atoms with Gasteiger partial charge in [-0.1, -0.05) is 0 Å². The van der Waals surface area contributed by atoms with Crippen LogP contribution in [0, 0.1) is 13.8 Å². The minimum Gasteiger partial charge on any atom is -0.497 e. The number of aromatic amines is 1. The van der Waals surface area contributed by atoms with Crippen LogP contribution < -0.4 is 10.3 Å². The monoisotopic (exact) mass is 269 g/mol. The van der Waals surface area contributed by atoms with Crippen LogP contribution >= 0.6 is 0 Å². The van der Waals surface area contributed by atoms with E-state index in [-0.39, 0.29) is 5.56 Å². The number of methoxy groups -OCH3 is 1. The van der Waals surface area contributed by atoms with Crippen LogP contribution in [0.3, 0.4) is 0 Å². The predicted octanol–water partition coefficient (Wildman–Crippen LogP) is 2.32. The van der Waals surface area contributed by atoms with Crippen LogP contribution in [0.25, 0.3) is 16.9 Å². The molecule has 1 aromatic carbocycles. The summed E-state index contributed by atoms with van der Waals surface area (Å²) in [7, 11) is 1.63. The zero-order valence-electron chi connectivity index (χ0n) is 11.6. The number of nitrogens with zero attached hydrogens (tertiary/aromatic N) is 2. The second kappa shape index (κ2) is 4.52. The molecule has 0 fully saturated rings. The van der Waals surface area contributed by atoms with Crippen LogP contribution in [0.5, 0.6) is 5.75 Å². The van der Waals surface area contributed by atoms with Crippen molar-refractivity contribution in [3.8, 4) is 17.0 Å². The van der Waals surface area contributed by atoms with Crippen molar-refractivity contribution in [3.05, 3.63) is 51.9 Å². The Morgan fingerprint density at radius 2 is 1.90 bits per heavy atom. The van der Waals surface area contributed by atoms with Gasteiger partial charge in [-0.15, -0.1) is 0 Å². The van der Waals surface area contributed by atoms with Gasteiger partial charge in [0.1, 0.15) is 5.75 Å². The Hall–Kier alpha value is -2.56. The van der Waals surface area contributed by atoms with E-state index < -0.39 is 0 Å². The topological polar surface area (TPSA) is 59.4 Å². The maximum absolute atomic E-state index is 12.0. The number of hydrogen-bond donors (Lipinski definition) is 1. The lowest BCUT2D eigenvalue weighted by molar-refractivity contribution is 0.415. The molecule has 3 aromatic rings. The number of hydrogen-bond acceptors (Lipinski definition) is 3. The predicted molar refractivity (Wildman–Crippen MR) is 77.3 cm³/mol. The number of fused-ring (bicyclic) bond motifs is 1. The minimum atomic E-state index is -0.102. The molecule has 0 unspecified atom stereocenters. The molecule has 0 spiro atoms. The van der Waals surface area contributed by atoms with Crippen LogP contribution in [-0.4, -0.2) is 21.7 Å². The Bertz CT molecular complexity index is 829. The first kappa shape index (κ1) is 12.5. The number of benzene rings is 1. The number of aryl methyl sites for hydroxylation is 2. The first-order valence-electron chi connectivity index (χ1n) is 6.33. The highest BCUT2D eigenvalue weighted by Crippen LogP contribution is 2.25. The number of H-pyrrole nitrogens is 1. The highest BCUT2D eigenvalue weighted by molar-refractivity contribution is 5.70. The van der Waals surface area contributed by atoms with Gasteiger partial charge in [-0.2, -0.15) is 0 Å².